The zero-order valence-electron chi connectivity index (χ0n) is 11.6. The van der Waals surface area contributed by atoms with E-state index in [1.807, 2.05) is 19.9 Å². The molecule has 0 amide bonds. The Hall–Kier alpha value is -1.40. The summed E-state index contributed by atoms with van der Waals surface area (Å²) in [7, 11) is -3.60. The van der Waals surface area contributed by atoms with Crippen molar-refractivity contribution >= 4 is 15.9 Å². The highest BCUT2D eigenvalue weighted by molar-refractivity contribution is 7.89. The average Bonchev–Trinajstić information content (AvgIpc) is 2.31. The van der Waals surface area contributed by atoms with E-state index in [0.29, 0.717) is 23.4 Å². The van der Waals surface area contributed by atoms with E-state index in [4.69, 9.17) is 11.1 Å². The van der Waals surface area contributed by atoms with Crippen molar-refractivity contribution < 1.29 is 8.42 Å². The van der Waals surface area contributed by atoms with E-state index in [0.717, 1.165) is 5.56 Å². The van der Waals surface area contributed by atoms with E-state index in [2.05, 4.69) is 0 Å². The Kier molecular flexibility index (Phi) is 5.08. The predicted octanol–water partition coefficient (Wildman–Crippen LogP) is 1.64. The average molecular weight is 283 g/mol. The number of nitrogens with two attached hydrogens (primary N) is 1. The maximum atomic E-state index is 12.6. The number of aryl methyl sites for hydroxylation is 2. The molecular formula is C13H21N3O2S. The summed E-state index contributed by atoms with van der Waals surface area (Å²) in [5, 5.41) is 7.31. The Balaban J connectivity index is 3.25. The van der Waals surface area contributed by atoms with Gasteiger partial charge < -0.3 is 5.73 Å². The van der Waals surface area contributed by atoms with Gasteiger partial charge in [-0.15, -0.1) is 0 Å². The molecule has 1 rings (SSSR count). The molecule has 0 heterocycles. The zero-order chi connectivity index (χ0) is 14.6. The standard InChI is InChI=1S/C13H21N3O2S/c1-4-7-16(9-13(14)15)19(17,18)12-8-10(2)5-6-11(12)3/h5-6,8H,4,7,9H2,1-3H3,(H3,14,15). The minimum Gasteiger partial charge on any atom is -0.387 e. The van der Waals surface area contributed by atoms with Crippen molar-refractivity contribution in [2.24, 2.45) is 5.73 Å². The van der Waals surface area contributed by atoms with Crippen LogP contribution in [0.15, 0.2) is 23.1 Å². The largest absolute Gasteiger partial charge is 0.387 e. The van der Waals surface area contributed by atoms with E-state index in [1.54, 1.807) is 19.1 Å². The number of hydrogen-bond donors (Lipinski definition) is 2. The van der Waals surface area contributed by atoms with Gasteiger partial charge in [-0.2, -0.15) is 4.31 Å². The smallest absolute Gasteiger partial charge is 0.243 e. The van der Waals surface area contributed by atoms with Crippen LogP contribution in [0.2, 0.25) is 0 Å². The SMILES string of the molecule is CCCN(CC(=N)N)S(=O)(=O)c1cc(C)ccc1C. The lowest BCUT2D eigenvalue weighted by Gasteiger charge is -2.22. The highest BCUT2D eigenvalue weighted by Crippen LogP contribution is 2.21. The molecule has 6 heteroatoms. The first kappa shape index (κ1) is 15.7. The van der Waals surface area contributed by atoms with E-state index in [-0.39, 0.29) is 12.4 Å². The van der Waals surface area contributed by atoms with Gasteiger partial charge in [0.15, 0.2) is 0 Å². The van der Waals surface area contributed by atoms with Crippen LogP contribution in [0.1, 0.15) is 24.5 Å². The molecule has 106 valence electrons. The second-order valence-electron chi connectivity index (χ2n) is 4.63. The molecule has 0 aliphatic carbocycles. The monoisotopic (exact) mass is 283 g/mol. The highest BCUT2D eigenvalue weighted by atomic mass is 32.2. The Labute approximate surface area is 115 Å². The van der Waals surface area contributed by atoms with E-state index < -0.39 is 10.0 Å². The van der Waals surface area contributed by atoms with E-state index >= 15 is 0 Å². The molecule has 5 nitrogen and oxygen atoms in total. The second kappa shape index (κ2) is 6.16. The van der Waals surface area contributed by atoms with Gasteiger partial charge in [-0.25, -0.2) is 8.42 Å². The molecule has 1 aromatic rings. The number of hydrogen-bond acceptors (Lipinski definition) is 3. The molecule has 0 aliphatic rings. The number of nitrogens with one attached hydrogen (secondary N) is 1. The normalized spacial score (nSPS) is 11.8. The van der Waals surface area contributed by atoms with Crippen LogP contribution >= 0.6 is 0 Å². The summed E-state index contributed by atoms with van der Waals surface area (Å²) < 4.78 is 26.5. The maximum absolute atomic E-state index is 12.6. The van der Waals surface area contributed by atoms with Crippen molar-refractivity contribution in [3.63, 3.8) is 0 Å². The van der Waals surface area contributed by atoms with Crippen LogP contribution in [0.5, 0.6) is 0 Å². The van der Waals surface area contributed by atoms with Gasteiger partial charge in [0, 0.05) is 6.54 Å². The maximum Gasteiger partial charge on any atom is 0.243 e. The first-order valence-corrected chi connectivity index (χ1v) is 7.63. The molecule has 0 unspecified atom stereocenters. The lowest BCUT2D eigenvalue weighted by molar-refractivity contribution is 0.447. The summed E-state index contributed by atoms with van der Waals surface area (Å²) in [4.78, 5) is 0.294. The van der Waals surface area contributed by atoms with Gasteiger partial charge in [-0.05, 0) is 37.5 Å². The van der Waals surface area contributed by atoms with Gasteiger partial charge in [0.05, 0.1) is 11.4 Å². The van der Waals surface area contributed by atoms with Crippen LogP contribution in [0.3, 0.4) is 0 Å². The summed E-state index contributed by atoms with van der Waals surface area (Å²) >= 11 is 0. The van der Waals surface area contributed by atoms with Crippen LogP contribution in [0, 0.1) is 19.3 Å². The molecule has 19 heavy (non-hydrogen) atoms. The van der Waals surface area contributed by atoms with Gasteiger partial charge in [-0.3, -0.25) is 5.41 Å². The number of sulfonamides is 1. The molecule has 0 aromatic heterocycles. The molecule has 0 radical (unpaired) electrons. The third-order valence-corrected chi connectivity index (χ3v) is 4.77. The third-order valence-electron chi connectivity index (χ3n) is 2.78. The topological polar surface area (TPSA) is 87.2 Å². The minimum absolute atomic E-state index is 0.0659. The van der Waals surface area contributed by atoms with Gasteiger partial charge in [0.2, 0.25) is 10.0 Å². The Morgan fingerprint density at radius 2 is 2.00 bits per heavy atom. The van der Waals surface area contributed by atoms with Gasteiger partial charge in [0.25, 0.3) is 0 Å². The first-order valence-electron chi connectivity index (χ1n) is 6.19. The van der Waals surface area contributed by atoms with Crippen LogP contribution in [-0.2, 0) is 10.0 Å². The van der Waals surface area contributed by atoms with Gasteiger partial charge in [-0.1, -0.05) is 19.1 Å². The number of benzene rings is 1. The fourth-order valence-corrected chi connectivity index (χ4v) is 3.67. The summed E-state index contributed by atoms with van der Waals surface area (Å²) in [5.74, 6) is -0.151. The van der Waals surface area contributed by atoms with Crippen LogP contribution in [0.4, 0.5) is 0 Å². The Morgan fingerprint density at radius 1 is 1.37 bits per heavy atom. The lowest BCUT2D eigenvalue weighted by Crippen LogP contribution is -2.38. The summed E-state index contributed by atoms with van der Waals surface area (Å²) in [6.07, 6.45) is 0.678. The molecule has 0 bridgehead atoms. The summed E-state index contributed by atoms with van der Waals surface area (Å²) in [6.45, 7) is 5.81. The lowest BCUT2D eigenvalue weighted by atomic mass is 10.2. The first-order chi connectivity index (χ1) is 8.78. The molecule has 0 fully saturated rings. The zero-order valence-corrected chi connectivity index (χ0v) is 12.4. The molecule has 0 saturated heterocycles. The van der Waals surface area contributed by atoms with Crippen molar-refractivity contribution in [1.29, 1.82) is 5.41 Å². The van der Waals surface area contributed by atoms with Gasteiger partial charge >= 0.3 is 0 Å². The van der Waals surface area contributed by atoms with Crippen molar-refractivity contribution in [2.45, 2.75) is 32.1 Å². The molecule has 0 spiro atoms. The highest BCUT2D eigenvalue weighted by Gasteiger charge is 2.25. The third kappa shape index (κ3) is 3.78. The van der Waals surface area contributed by atoms with Crippen molar-refractivity contribution in [2.75, 3.05) is 13.1 Å². The summed E-state index contributed by atoms with van der Waals surface area (Å²) in [5.41, 5.74) is 6.94. The predicted molar refractivity (Wildman–Crippen MR) is 76.9 cm³/mol. The number of amidine groups is 1. The molecule has 3 N–H and O–H groups in total. The molecule has 0 saturated carbocycles. The molecule has 1 aromatic carbocycles. The number of rotatable bonds is 6. The second-order valence-corrected chi connectivity index (χ2v) is 6.54. The van der Waals surface area contributed by atoms with Crippen molar-refractivity contribution in [1.82, 2.24) is 4.31 Å². The van der Waals surface area contributed by atoms with Crippen molar-refractivity contribution in [3.8, 4) is 0 Å². The number of nitrogens with zero attached hydrogens (tertiary/aromatic N) is 1. The molecular weight excluding hydrogens is 262 g/mol. The molecule has 0 aliphatic heterocycles. The summed E-state index contributed by atoms with van der Waals surface area (Å²) in [6, 6.07) is 5.33. The van der Waals surface area contributed by atoms with Gasteiger partial charge in [0.1, 0.15) is 5.84 Å². The Morgan fingerprint density at radius 3 is 2.53 bits per heavy atom. The van der Waals surface area contributed by atoms with Crippen LogP contribution < -0.4 is 5.73 Å². The van der Waals surface area contributed by atoms with E-state index in [1.165, 1.54) is 4.31 Å². The molecule has 0 atom stereocenters. The van der Waals surface area contributed by atoms with Crippen LogP contribution in [0.25, 0.3) is 0 Å². The van der Waals surface area contributed by atoms with E-state index in [9.17, 15) is 8.42 Å². The Bertz CT molecular complexity index is 567. The minimum atomic E-state index is -3.60. The van der Waals surface area contributed by atoms with Crippen LogP contribution in [-0.4, -0.2) is 31.6 Å². The van der Waals surface area contributed by atoms with Crippen molar-refractivity contribution in [3.05, 3.63) is 29.3 Å². The fourth-order valence-electron chi connectivity index (χ4n) is 1.85. The quantitative estimate of drug-likeness (QED) is 0.614. The fraction of sp³-hybridized carbons (Fsp3) is 0.462.